The van der Waals surface area contributed by atoms with Crippen LogP contribution >= 0.6 is 11.8 Å². The summed E-state index contributed by atoms with van der Waals surface area (Å²) in [6.07, 6.45) is 15.7. The summed E-state index contributed by atoms with van der Waals surface area (Å²) in [4.78, 5) is 11.8. The Bertz CT molecular complexity index is 615. The van der Waals surface area contributed by atoms with E-state index in [0.29, 0.717) is 5.92 Å². The van der Waals surface area contributed by atoms with Crippen molar-refractivity contribution in [3.05, 3.63) is 11.9 Å². The van der Waals surface area contributed by atoms with Crippen LogP contribution in [0.3, 0.4) is 0 Å². The number of thioether (sulfide) groups is 1. The molecule has 1 saturated heterocycles. The fourth-order valence-corrected chi connectivity index (χ4v) is 6.18. The van der Waals surface area contributed by atoms with Gasteiger partial charge in [-0.2, -0.15) is 11.8 Å². The fraction of sp³-hybridized carbons (Fsp3) is 0.850. The zero-order valence-corrected chi connectivity index (χ0v) is 16.6. The maximum atomic E-state index is 11.8. The van der Waals surface area contributed by atoms with Crippen LogP contribution in [0.2, 0.25) is 0 Å². The summed E-state index contributed by atoms with van der Waals surface area (Å²) in [5.41, 5.74) is 6.15. The van der Waals surface area contributed by atoms with Crippen LogP contribution in [0, 0.1) is 11.8 Å². The van der Waals surface area contributed by atoms with E-state index in [0.717, 1.165) is 30.4 Å². The van der Waals surface area contributed by atoms with Gasteiger partial charge in [0.2, 0.25) is 5.91 Å². The summed E-state index contributed by atoms with van der Waals surface area (Å²) >= 11 is 2.10. The molecule has 2 aliphatic carbocycles. The molecule has 2 N–H and O–H groups in total. The zero-order chi connectivity index (χ0) is 18.0. The number of carbonyl (C=O) groups is 1. The van der Waals surface area contributed by atoms with Gasteiger partial charge in [0.05, 0.1) is 5.69 Å². The smallest absolute Gasteiger partial charge is 0.245 e. The van der Waals surface area contributed by atoms with Crippen molar-refractivity contribution in [2.75, 3.05) is 11.5 Å². The van der Waals surface area contributed by atoms with Crippen LogP contribution in [0.1, 0.15) is 82.2 Å². The summed E-state index contributed by atoms with van der Waals surface area (Å²) in [7, 11) is 0. The normalized spacial score (nSPS) is 25.1. The molecule has 1 aromatic heterocycles. The largest absolute Gasteiger partial charge is 0.368 e. The quantitative estimate of drug-likeness (QED) is 0.784. The summed E-state index contributed by atoms with van der Waals surface area (Å²) in [5.74, 6) is 4.52. The summed E-state index contributed by atoms with van der Waals surface area (Å²) < 4.78 is 1.78. The molecule has 6 heteroatoms. The Labute approximate surface area is 160 Å². The predicted molar refractivity (Wildman–Crippen MR) is 105 cm³/mol. The maximum absolute atomic E-state index is 11.8. The van der Waals surface area contributed by atoms with E-state index in [9.17, 15) is 4.79 Å². The Kier molecular flexibility index (Phi) is 5.58. The number of carbonyl (C=O) groups excluding carboxylic acids is 1. The average molecular weight is 377 g/mol. The van der Waals surface area contributed by atoms with E-state index in [1.54, 1.807) is 4.68 Å². The molecule has 1 aromatic rings. The Morgan fingerprint density at radius 1 is 1.23 bits per heavy atom. The van der Waals surface area contributed by atoms with E-state index in [1.807, 2.05) is 6.20 Å². The molecule has 0 bridgehead atoms. The van der Waals surface area contributed by atoms with E-state index in [4.69, 9.17) is 5.73 Å². The molecule has 1 aliphatic heterocycles. The molecule has 2 saturated carbocycles. The van der Waals surface area contributed by atoms with Crippen LogP contribution in [0.25, 0.3) is 0 Å². The first kappa shape index (κ1) is 18.3. The molecule has 144 valence electrons. The lowest BCUT2D eigenvalue weighted by atomic mass is 9.75. The number of amides is 1. The average Bonchev–Trinajstić information content (AvgIpc) is 3.36. The van der Waals surface area contributed by atoms with Crippen LogP contribution in [-0.4, -0.2) is 32.4 Å². The molecule has 5 nitrogen and oxygen atoms in total. The number of primary amides is 1. The zero-order valence-electron chi connectivity index (χ0n) is 15.7. The van der Waals surface area contributed by atoms with Gasteiger partial charge in [0.15, 0.2) is 0 Å². The first-order valence-corrected chi connectivity index (χ1v) is 11.6. The topological polar surface area (TPSA) is 73.8 Å². The van der Waals surface area contributed by atoms with Crippen molar-refractivity contribution in [1.82, 2.24) is 15.0 Å². The third-order valence-corrected chi connectivity index (χ3v) is 8.01. The van der Waals surface area contributed by atoms with Gasteiger partial charge in [0.1, 0.15) is 5.54 Å². The molecule has 3 aliphatic rings. The van der Waals surface area contributed by atoms with Crippen LogP contribution < -0.4 is 5.73 Å². The van der Waals surface area contributed by atoms with Crippen molar-refractivity contribution in [1.29, 1.82) is 0 Å². The number of nitrogens with zero attached hydrogens (tertiary/aromatic N) is 3. The van der Waals surface area contributed by atoms with Crippen molar-refractivity contribution >= 4 is 17.7 Å². The minimum atomic E-state index is -0.580. The van der Waals surface area contributed by atoms with Crippen molar-refractivity contribution in [2.24, 2.45) is 17.6 Å². The van der Waals surface area contributed by atoms with E-state index < -0.39 is 5.54 Å². The Morgan fingerprint density at radius 2 is 1.96 bits per heavy atom. The molecule has 2 heterocycles. The lowest BCUT2D eigenvalue weighted by Crippen LogP contribution is -2.34. The fourth-order valence-electron chi connectivity index (χ4n) is 4.97. The van der Waals surface area contributed by atoms with Gasteiger partial charge in [-0.3, -0.25) is 4.79 Å². The molecule has 3 fully saturated rings. The van der Waals surface area contributed by atoms with Crippen molar-refractivity contribution in [2.45, 2.75) is 82.1 Å². The second-order valence-electron chi connectivity index (χ2n) is 8.62. The highest BCUT2D eigenvalue weighted by atomic mass is 32.2. The lowest BCUT2D eigenvalue weighted by molar-refractivity contribution is -0.122. The molecule has 1 amide bonds. The van der Waals surface area contributed by atoms with Crippen LogP contribution in [0.4, 0.5) is 0 Å². The first-order chi connectivity index (χ1) is 12.7. The molecular weight excluding hydrogens is 344 g/mol. The summed E-state index contributed by atoms with van der Waals surface area (Å²) in [5, 5.41) is 8.89. The van der Waals surface area contributed by atoms with Gasteiger partial charge in [-0.25, -0.2) is 4.68 Å². The van der Waals surface area contributed by atoms with Crippen LogP contribution in [0.15, 0.2) is 6.20 Å². The molecule has 4 rings (SSSR count). The molecule has 26 heavy (non-hydrogen) atoms. The van der Waals surface area contributed by atoms with Gasteiger partial charge in [-0.1, -0.05) is 24.5 Å². The number of hydrogen-bond donors (Lipinski definition) is 1. The molecular formula is C20H32N4OS. The SMILES string of the molecule is NC(=O)C1(n2cc([C@@H](CCC3CCSCC3)C3CCCCC3)nn2)CC1. The molecule has 0 radical (unpaired) electrons. The minimum Gasteiger partial charge on any atom is -0.368 e. The Morgan fingerprint density at radius 3 is 2.62 bits per heavy atom. The number of nitrogens with two attached hydrogens (primary N) is 1. The van der Waals surface area contributed by atoms with Crippen molar-refractivity contribution < 1.29 is 4.79 Å². The number of rotatable bonds is 7. The third kappa shape index (κ3) is 3.80. The van der Waals surface area contributed by atoms with Crippen LogP contribution in [-0.2, 0) is 10.3 Å². The second-order valence-corrected chi connectivity index (χ2v) is 9.85. The highest BCUT2D eigenvalue weighted by molar-refractivity contribution is 7.99. The van der Waals surface area contributed by atoms with Crippen LogP contribution in [0.5, 0.6) is 0 Å². The predicted octanol–water partition coefficient (Wildman–Crippen LogP) is 3.84. The first-order valence-electron chi connectivity index (χ1n) is 10.5. The van der Waals surface area contributed by atoms with Gasteiger partial charge >= 0.3 is 0 Å². The minimum absolute atomic E-state index is 0.261. The van der Waals surface area contributed by atoms with E-state index >= 15 is 0 Å². The molecule has 0 spiro atoms. The van der Waals surface area contributed by atoms with Crippen molar-refractivity contribution in [3.63, 3.8) is 0 Å². The maximum Gasteiger partial charge on any atom is 0.245 e. The van der Waals surface area contributed by atoms with Gasteiger partial charge in [-0.15, -0.1) is 5.10 Å². The van der Waals surface area contributed by atoms with E-state index in [1.165, 1.54) is 69.3 Å². The monoisotopic (exact) mass is 376 g/mol. The number of hydrogen-bond acceptors (Lipinski definition) is 4. The molecule has 0 unspecified atom stereocenters. The highest BCUT2D eigenvalue weighted by Crippen LogP contribution is 2.44. The van der Waals surface area contributed by atoms with E-state index in [2.05, 4.69) is 22.1 Å². The Balaban J connectivity index is 1.48. The Hall–Kier alpha value is -1.04. The van der Waals surface area contributed by atoms with Gasteiger partial charge in [0, 0.05) is 12.1 Å². The van der Waals surface area contributed by atoms with E-state index in [-0.39, 0.29) is 5.91 Å². The molecule has 0 aromatic carbocycles. The second kappa shape index (κ2) is 7.91. The number of aromatic nitrogens is 3. The summed E-state index contributed by atoms with van der Waals surface area (Å²) in [6.45, 7) is 0. The van der Waals surface area contributed by atoms with Gasteiger partial charge in [0.25, 0.3) is 0 Å². The van der Waals surface area contributed by atoms with Gasteiger partial charge in [-0.05, 0) is 74.7 Å². The van der Waals surface area contributed by atoms with Crippen molar-refractivity contribution in [3.8, 4) is 0 Å². The third-order valence-electron chi connectivity index (χ3n) is 6.96. The lowest BCUT2D eigenvalue weighted by Gasteiger charge is -2.31. The standard InChI is InChI=1S/C20H32N4OS/c21-19(25)20(10-11-20)24-14-18(22-23-24)17(16-4-2-1-3-5-16)7-6-15-8-12-26-13-9-15/h14-17H,1-13H2,(H2,21,25)/t17-/m0/s1. The molecule has 1 atom stereocenters. The van der Waals surface area contributed by atoms with Gasteiger partial charge < -0.3 is 5.73 Å². The summed E-state index contributed by atoms with van der Waals surface area (Å²) in [6, 6.07) is 0. The highest BCUT2D eigenvalue weighted by Gasteiger charge is 2.52.